The summed E-state index contributed by atoms with van der Waals surface area (Å²) < 4.78 is 0. The Morgan fingerprint density at radius 3 is 2.82 bits per heavy atom. The second-order valence-corrected chi connectivity index (χ2v) is 3.56. The molecule has 17 heavy (non-hydrogen) atoms. The highest BCUT2D eigenvalue weighted by molar-refractivity contribution is 6.29. The van der Waals surface area contributed by atoms with Crippen LogP contribution < -0.4 is 10.6 Å². The summed E-state index contributed by atoms with van der Waals surface area (Å²) in [5.74, 6) is -0.0757. The number of carbonyl (C=O) groups is 1. The number of rotatable bonds is 5. The van der Waals surface area contributed by atoms with Gasteiger partial charge in [0, 0.05) is 26.1 Å². The van der Waals surface area contributed by atoms with Crippen molar-refractivity contribution in [3.8, 4) is 0 Å². The second kappa shape index (κ2) is 6.00. The molecule has 0 aromatic carbocycles. The van der Waals surface area contributed by atoms with Gasteiger partial charge in [-0.15, -0.1) is 0 Å². The van der Waals surface area contributed by atoms with Crippen LogP contribution in [0.4, 0.5) is 11.5 Å². The molecule has 2 N–H and O–H groups in total. The van der Waals surface area contributed by atoms with Crippen LogP contribution in [0.15, 0.2) is 12.1 Å². The van der Waals surface area contributed by atoms with E-state index in [4.69, 9.17) is 11.6 Å². The van der Waals surface area contributed by atoms with E-state index in [9.17, 15) is 14.9 Å². The Morgan fingerprint density at radius 1 is 1.53 bits per heavy atom. The van der Waals surface area contributed by atoms with E-state index < -0.39 is 4.92 Å². The van der Waals surface area contributed by atoms with Gasteiger partial charge in [0.2, 0.25) is 11.7 Å². The summed E-state index contributed by atoms with van der Waals surface area (Å²) in [4.78, 5) is 24.5. The molecular weight excluding hydrogens is 248 g/mol. The molecule has 0 fully saturated rings. The van der Waals surface area contributed by atoms with Gasteiger partial charge in [0.1, 0.15) is 5.15 Å². The van der Waals surface area contributed by atoms with Crippen molar-refractivity contribution in [3.63, 3.8) is 0 Å². The number of nitro groups is 1. The predicted octanol–water partition coefficient (Wildman–Crippen LogP) is 1.19. The molecule has 0 unspecified atom stereocenters. The molecule has 1 heterocycles. The lowest BCUT2D eigenvalue weighted by atomic mass is 10.4. The molecule has 0 saturated heterocycles. The van der Waals surface area contributed by atoms with E-state index >= 15 is 0 Å². The highest BCUT2D eigenvalue weighted by Crippen LogP contribution is 2.23. The number of amides is 1. The lowest BCUT2D eigenvalue weighted by molar-refractivity contribution is -0.384. The van der Waals surface area contributed by atoms with Gasteiger partial charge in [-0.05, 0) is 6.07 Å². The van der Waals surface area contributed by atoms with Gasteiger partial charge in [0.15, 0.2) is 0 Å². The van der Waals surface area contributed by atoms with Gasteiger partial charge in [0.25, 0.3) is 0 Å². The third kappa shape index (κ3) is 4.23. The first-order chi connectivity index (χ1) is 8.00. The monoisotopic (exact) mass is 258 g/mol. The summed E-state index contributed by atoms with van der Waals surface area (Å²) in [6.07, 6.45) is 0. The Kier molecular flexibility index (Phi) is 4.65. The Bertz CT molecular complexity index is 438. The van der Waals surface area contributed by atoms with Crippen LogP contribution in [-0.4, -0.2) is 28.9 Å². The molecule has 1 aromatic heterocycles. The van der Waals surface area contributed by atoms with Crippen molar-refractivity contribution in [2.24, 2.45) is 0 Å². The van der Waals surface area contributed by atoms with E-state index in [1.165, 1.54) is 19.1 Å². The third-order valence-corrected chi connectivity index (χ3v) is 2.04. The minimum Gasteiger partial charge on any atom is -0.363 e. The van der Waals surface area contributed by atoms with Crippen LogP contribution in [0.3, 0.4) is 0 Å². The molecule has 0 atom stereocenters. The molecule has 0 radical (unpaired) electrons. The number of hydrogen-bond donors (Lipinski definition) is 2. The molecule has 8 heteroatoms. The van der Waals surface area contributed by atoms with E-state index in [2.05, 4.69) is 15.6 Å². The molecule has 1 amide bonds. The van der Waals surface area contributed by atoms with Crippen molar-refractivity contribution in [3.05, 3.63) is 27.4 Å². The minimum absolute atomic E-state index is 0.0906. The molecule has 0 bridgehead atoms. The maximum atomic E-state index is 10.7. The van der Waals surface area contributed by atoms with Crippen molar-refractivity contribution in [2.45, 2.75) is 6.92 Å². The van der Waals surface area contributed by atoms with Crippen LogP contribution in [0.25, 0.3) is 0 Å². The average Bonchev–Trinajstić information content (AvgIpc) is 2.23. The quantitative estimate of drug-likeness (QED) is 0.358. The van der Waals surface area contributed by atoms with Crippen molar-refractivity contribution in [1.82, 2.24) is 10.3 Å². The summed E-state index contributed by atoms with van der Waals surface area (Å²) >= 11 is 5.64. The Balaban J connectivity index is 2.65. The van der Waals surface area contributed by atoms with Crippen molar-refractivity contribution in [2.75, 3.05) is 18.4 Å². The van der Waals surface area contributed by atoms with E-state index in [0.29, 0.717) is 13.1 Å². The lowest BCUT2D eigenvalue weighted by Crippen LogP contribution is -2.26. The van der Waals surface area contributed by atoms with Crippen LogP contribution >= 0.6 is 11.6 Å². The Labute approximate surface area is 102 Å². The zero-order valence-electron chi connectivity index (χ0n) is 9.07. The van der Waals surface area contributed by atoms with Gasteiger partial charge in [0.05, 0.1) is 4.92 Å². The largest absolute Gasteiger partial charge is 0.363 e. The van der Waals surface area contributed by atoms with E-state index in [1.54, 1.807) is 0 Å². The number of nitrogens with one attached hydrogen (secondary N) is 2. The van der Waals surface area contributed by atoms with E-state index in [-0.39, 0.29) is 22.6 Å². The summed E-state index contributed by atoms with van der Waals surface area (Å²) in [7, 11) is 0. The first-order valence-electron chi connectivity index (χ1n) is 4.80. The van der Waals surface area contributed by atoms with E-state index in [1.807, 2.05) is 0 Å². The van der Waals surface area contributed by atoms with Crippen molar-refractivity contribution in [1.29, 1.82) is 0 Å². The van der Waals surface area contributed by atoms with Gasteiger partial charge in [-0.1, -0.05) is 11.6 Å². The molecular formula is C9H11ClN4O3. The van der Waals surface area contributed by atoms with Gasteiger partial charge in [-0.2, -0.15) is 0 Å². The zero-order valence-corrected chi connectivity index (χ0v) is 9.82. The normalized spacial score (nSPS) is 9.76. The van der Waals surface area contributed by atoms with Crippen molar-refractivity contribution < 1.29 is 9.72 Å². The van der Waals surface area contributed by atoms with Crippen molar-refractivity contribution >= 4 is 29.0 Å². The standard InChI is InChI=1S/C9H11ClN4O3/c1-6(15)11-4-5-12-9-7(14(16)17)2-3-8(10)13-9/h2-3H,4-5H2,1H3,(H,11,15)(H,12,13). The number of nitrogens with zero attached hydrogens (tertiary/aromatic N) is 2. The zero-order chi connectivity index (χ0) is 12.8. The van der Waals surface area contributed by atoms with Gasteiger partial charge < -0.3 is 10.6 Å². The fourth-order valence-corrected chi connectivity index (χ4v) is 1.27. The van der Waals surface area contributed by atoms with Crippen LogP contribution in [-0.2, 0) is 4.79 Å². The fraction of sp³-hybridized carbons (Fsp3) is 0.333. The maximum Gasteiger partial charge on any atom is 0.311 e. The van der Waals surface area contributed by atoms with Gasteiger partial charge >= 0.3 is 5.69 Å². The maximum absolute atomic E-state index is 10.7. The van der Waals surface area contributed by atoms with Crippen LogP contribution in [0, 0.1) is 10.1 Å². The van der Waals surface area contributed by atoms with E-state index in [0.717, 1.165) is 0 Å². The molecule has 1 rings (SSSR count). The molecule has 0 aliphatic rings. The molecule has 92 valence electrons. The topological polar surface area (TPSA) is 97.2 Å². The minimum atomic E-state index is -0.552. The van der Waals surface area contributed by atoms with Gasteiger partial charge in [-0.25, -0.2) is 4.98 Å². The number of pyridine rings is 1. The Morgan fingerprint density at radius 2 is 2.24 bits per heavy atom. The van der Waals surface area contributed by atoms with Crippen LogP contribution in [0.2, 0.25) is 5.15 Å². The molecule has 0 aliphatic carbocycles. The summed E-state index contributed by atoms with van der Waals surface area (Å²) in [5, 5.41) is 16.1. The summed E-state index contributed by atoms with van der Waals surface area (Å²) in [5.41, 5.74) is -0.155. The third-order valence-electron chi connectivity index (χ3n) is 1.83. The first kappa shape index (κ1) is 13.2. The number of halogens is 1. The van der Waals surface area contributed by atoms with Crippen LogP contribution in [0.1, 0.15) is 6.92 Å². The summed E-state index contributed by atoms with van der Waals surface area (Å²) in [6, 6.07) is 2.62. The predicted molar refractivity (Wildman–Crippen MR) is 63.1 cm³/mol. The number of anilines is 1. The highest BCUT2D eigenvalue weighted by Gasteiger charge is 2.14. The SMILES string of the molecule is CC(=O)NCCNc1nc(Cl)ccc1[N+](=O)[O-]. The Hall–Kier alpha value is -1.89. The lowest BCUT2D eigenvalue weighted by Gasteiger charge is -2.06. The molecule has 0 saturated carbocycles. The number of hydrogen-bond acceptors (Lipinski definition) is 5. The second-order valence-electron chi connectivity index (χ2n) is 3.17. The highest BCUT2D eigenvalue weighted by atomic mass is 35.5. The molecule has 1 aromatic rings. The molecule has 7 nitrogen and oxygen atoms in total. The van der Waals surface area contributed by atoms with Crippen LogP contribution in [0.5, 0.6) is 0 Å². The number of carbonyl (C=O) groups excluding carboxylic acids is 1. The summed E-state index contributed by atoms with van der Waals surface area (Å²) in [6.45, 7) is 2.06. The molecule has 0 aliphatic heterocycles. The molecule has 0 spiro atoms. The number of aromatic nitrogens is 1. The average molecular weight is 259 g/mol. The fourth-order valence-electron chi connectivity index (χ4n) is 1.12. The smallest absolute Gasteiger partial charge is 0.311 e. The first-order valence-corrected chi connectivity index (χ1v) is 5.17. The van der Waals surface area contributed by atoms with Gasteiger partial charge in [-0.3, -0.25) is 14.9 Å².